The van der Waals surface area contributed by atoms with Crippen LogP contribution < -0.4 is 5.32 Å². The smallest absolute Gasteiger partial charge is 0.227 e. The number of aliphatic hydroxyl groups is 1. The highest BCUT2D eigenvalue weighted by molar-refractivity contribution is 5.94. The molecule has 3 nitrogen and oxygen atoms in total. The van der Waals surface area contributed by atoms with Gasteiger partial charge in [-0.25, -0.2) is 0 Å². The Kier molecular flexibility index (Phi) is 1.35. The van der Waals surface area contributed by atoms with E-state index in [2.05, 4.69) is 5.32 Å². The molecule has 2 rings (SSSR count). The number of anilines is 1. The molecule has 62 valence electrons. The summed E-state index contributed by atoms with van der Waals surface area (Å²) in [5.74, 6) is -0.453. The zero-order valence-corrected chi connectivity index (χ0v) is 6.32. The minimum absolute atomic E-state index is 0.453. The van der Waals surface area contributed by atoms with Crippen LogP contribution >= 0.6 is 0 Å². The van der Waals surface area contributed by atoms with E-state index in [0.29, 0.717) is 11.3 Å². The Morgan fingerprint density at radius 2 is 2.33 bits per heavy atom. The molecule has 1 amide bonds. The van der Waals surface area contributed by atoms with Crippen LogP contribution in [0, 0.1) is 0 Å². The van der Waals surface area contributed by atoms with E-state index >= 15 is 0 Å². The summed E-state index contributed by atoms with van der Waals surface area (Å²) in [5, 5.41) is 12.1. The van der Waals surface area contributed by atoms with Gasteiger partial charge in [0.1, 0.15) is 0 Å². The van der Waals surface area contributed by atoms with E-state index in [-0.39, 0.29) is 0 Å². The third kappa shape index (κ3) is 1.08. The van der Waals surface area contributed by atoms with Crippen molar-refractivity contribution in [3.05, 3.63) is 29.8 Å². The minimum atomic E-state index is -1.12. The zero-order chi connectivity index (χ0) is 9.42. The van der Waals surface area contributed by atoms with Crippen molar-refractivity contribution in [3.8, 4) is 0 Å². The Morgan fingerprint density at radius 1 is 1.58 bits per heavy atom. The number of nitrogens with one attached hydrogen (secondary N) is 1. The normalized spacial score (nSPS) is 28.8. The van der Waals surface area contributed by atoms with Gasteiger partial charge >= 0.3 is 0 Å². The van der Waals surface area contributed by atoms with E-state index in [1.807, 2.05) is 0 Å². The van der Waals surface area contributed by atoms with E-state index in [4.69, 9.17) is 1.37 Å². The van der Waals surface area contributed by atoms with Crippen molar-refractivity contribution in [1.29, 1.82) is 0 Å². The number of benzene rings is 1. The van der Waals surface area contributed by atoms with Crippen LogP contribution in [0.5, 0.6) is 0 Å². The van der Waals surface area contributed by atoms with Gasteiger partial charge in [0.2, 0.25) is 5.91 Å². The van der Waals surface area contributed by atoms with Gasteiger partial charge in [-0.1, -0.05) is 18.2 Å². The maximum Gasteiger partial charge on any atom is 0.227 e. The van der Waals surface area contributed by atoms with Gasteiger partial charge in [-0.15, -0.1) is 0 Å². The largest absolute Gasteiger partial charge is 0.388 e. The average molecular weight is 164 g/mol. The molecule has 0 aliphatic carbocycles. The molecule has 3 heteroatoms. The number of aliphatic hydroxyl groups excluding tert-OH is 1. The van der Waals surface area contributed by atoms with Crippen molar-refractivity contribution in [2.45, 2.75) is 12.5 Å². The zero-order valence-electron chi connectivity index (χ0n) is 7.32. The van der Waals surface area contributed by atoms with Crippen molar-refractivity contribution in [2.75, 3.05) is 5.32 Å². The van der Waals surface area contributed by atoms with Crippen molar-refractivity contribution < 1.29 is 11.3 Å². The Balaban J connectivity index is 2.49. The van der Waals surface area contributed by atoms with E-state index < -0.39 is 18.4 Å². The summed E-state index contributed by atoms with van der Waals surface area (Å²) in [4.78, 5) is 11.1. The fraction of sp³-hybridized carbons (Fsp3) is 0.222. The Morgan fingerprint density at radius 3 is 3.17 bits per heavy atom. The van der Waals surface area contributed by atoms with Crippen LogP contribution in [0.1, 0.15) is 19.4 Å². The number of carbonyl (C=O) groups is 1. The van der Waals surface area contributed by atoms with Gasteiger partial charge in [0.15, 0.2) is 0 Å². The van der Waals surface area contributed by atoms with Crippen LogP contribution in [0.2, 0.25) is 0 Å². The highest BCUT2D eigenvalue weighted by Crippen LogP contribution is 2.29. The topological polar surface area (TPSA) is 49.3 Å². The number of rotatable bonds is 0. The number of fused-ring (bicyclic) bond motifs is 1. The fourth-order valence-electron chi connectivity index (χ4n) is 1.28. The van der Waals surface area contributed by atoms with E-state index in [0.717, 1.165) is 0 Å². The van der Waals surface area contributed by atoms with Crippen LogP contribution in [0.25, 0.3) is 0 Å². The molecular formula is C9H9NO2. The van der Waals surface area contributed by atoms with Crippen molar-refractivity contribution in [2.24, 2.45) is 0 Å². The summed E-state index contributed by atoms with van der Waals surface area (Å²) in [7, 11) is 0. The molecule has 2 atom stereocenters. The fourth-order valence-corrected chi connectivity index (χ4v) is 1.28. The maximum atomic E-state index is 11.1. The van der Waals surface area contributed by atoms with Gasteiger partial charge in [-0.3, -0.25) is 4.79 Å². The van der Waals surface area contributed by atoms with E-state index in [9.17, 15) is 9.90 Å². The first-order valence-electron chi connectivity index (χ1n) is 4.28. The second-order valence-corrected chi connectivity index (χ2v) is 2.69. The van der Waals surface area contributed by atoms with Gasteiger partial charge < -0.3 is 10.4 Å². The van der Waals surface area contributed by atoms with Gasteiger partial charge in [0.25, 0.3) is 0 Å². The molecule has 0 fully saturated rings. The summed E-state index contributed by atoms with van der Waals surface area (Å²) in [5.41, 5.74) is 1.21. The predicted molar refractivity (Wildman–Crippen MR) is 44.6 cm³/mol. The molecule has 0 bridgehead atoms. The lowest BCUT2D eigenvalue weighted by Gasteiger charge is -2.20. The molecule has 1 heterocycles. The molecule has 0 spiro atoms. The van der Waals surface area contributed by atoms with Crippen LogP contribution in [0.15, 0.2) is 24.3 Å². The molecule has 2 N–H and O–H groups in total. The second-order valence-electron chi connectivity index (χ2n) is 2.69. The number of carbonyl (C=O) groups excluding carboxylic acids is 1. The SMILES string of the molecule is [2H]C1C(=O)Nc2ccccc2C1O. The lowest BCUT2D eigenvalue weighted by Crippen LogP contribution is -2.22. The molecule has 1 aliphatic rings. The van der Waals surface area contributed by atoms with Gasteiger partial charge in [-0.2, -0.15) is 0 Å². The molecule has 0 aromatic heterocycles. The number of para-hydroxylation sites is 1. The Labute approximate surface area is 71.4 Å². The molecule has 1 aromatic carbocycles. The molecule has 0 saturated carbocycles. The van der Waals surface area contributed by atoms with Crippen molar-refractivity contribution >= 4 is 11.6 Å². The molecule has 2 unspecified atom stereocenters. The first-order valence-corrected chi connectivity index (χ1v) is 3.70. The summed E-state index contributed by atoms with van der Waals surface area (Å²) < 4.78 is 7.35. The average Bonchev–Trinajstić information content (AvgIpc) is 2.15. The van der Waals surface area contributed by atoms with E-state index in [1.54, 1.807) is 24.3 Å². The van der Waals surface area contributed by atoms with Gasteiger partial charge in [0, 0.05) is 12.6 Å². The monoisotopic (exact) mass is 164 g/mol. The van der Waals surface area contributed by atoms with Crippen LogP contribution in [-0.2, 0) is 4.79 Å². The number of hydrogen-bond donors (Lipinski definition) is 2. The number of hydrogen-bond acceptors (Lipinski definition) is 2. The van der Waals surface area contributed by atoms with Crippen LogP contribution in [0.3, 0.4) is 0 Å². The first kappa shape index (κ1) is 6.20. The minimum Gasteiger partial charge on any atom is -0.388 e. The quantitative estimate of drug-likeness (QED) is 0.602. The molecule has 1 aliphatic heterocycles. The molecule has 1 aromatic rings. The van der Waals surface area contributed by atoms with Crippen LogP contribution in [-0.4, -0.2) is 11.0 Å². The second kappa shape index (κ2) is 2.60. The lowest BCUT2D eigenvalue weighted by atomic mass is 10.0. The Hall–Kier alpha value is -1.35. The van der Waals surface area contributed by atoms with Gasteiger partial charge in [-0.05, 0) is 6.07 Å². The summed E-state index contributed by atoms with van der Waals surface area (Å²) in [6, 6.07) is 6.96. The first-order chi connectivity index (χ1) is 6.20. The molecular weight excluding hydrogens is 154 g/mol. The standard InChI is InChI=1S/C9H9NO2/c11-8-5-9(12)10-7-4-2-1-3-6(7)8/h1-4,8,11H,5H2,(H,10,12)/i5D. The highest BCUT2D eigenvalue weighted by atomic mass is 16.3. The summed E-state index contributed by atoms with van der Waals surface area (Å²) in [6.07, 6.45) is -2.13. The van der Waals surface area contributed by atoms with Crippen molar-refractivity contribution in [1.82, 2.24) is 0 Å². The third-order valence-corrected chi connectivity index (χ3v) is 1.85. The lowest BCUT2D eigenvalue weighted by molar-refractivity contribution is -0.118. The van der Waals surface area contributed by atoms with Gasteiger partial charge in [0.05, 0.1) is 12.5 Å². The number of amides is 1. The Bertz CT molecular complexity index is 353. The molecule has 0 saturated heterocycles. The predicted octanol–water partition coefficient (Wildman–Crippen LogP) is 1.06. The molecule has 12 heavy (non-hydrogen) atoms. The van der Waals surface area contributed by atoms with Crippen molar-refractivity contribution in [3.63, 3.8) is 0 Å². The molecule has 0 radical (unpaired) electrons. The highest BCUT2D eigenvalue weighted by Gasteiger charge is 2.21. The van der Waals surface area contributed by atoms with Crippen LogP contribution in [0.4, 0.5) is 5.69 Å². The third-order valence-electron chi connectivity index (χ3n) is 1.85. The summed E-state index contributed by atoms with van der Waals surface area (Å²) >= 11 is 0. The van der Waals surface area contributed by atoms with E-state index in [1.165, 1.54) is 0 Å². The summed E-state index contributed by atoms with van der Waals surface area (Å²) in [6.45, 7) is 0. The maximum absolute atomic E-state index is 11.1.